The van der Waals surface area contributed by atoms with Crippen LogP contribution in [0.3, 0.4) is 0 Å². The maximum atomic E-state index is 15.9. The lowest BCUT2D eigenvalue weighted by atomic mass is 9.87. The fraction of sp³-hybridized carbons (Fsp3) is 0.367. The first-order valence-corrected chi connectivity index (χ1v) is 15.7. The lowest BCUT2D eigenvalue weighted by Gasteiger charge is -2.25. The molecule has 0 amide bonds. The number of hydrogen-bond acceptors (Lipinski definition) is 8. The van der Waals surface area contributed by atoms with Gasteiger partial charge in [0.25, 0.3) is 0 Å². The topological polar surface area (TPSA) is 118 Å². The Balaban J connectivity index is 1.34. The SMILES string of the molecule is Cc1c(F)c(NS(=O)(=O)CC2CCC2)c2ccccc2c1Oc1nccnc1-c1ccnc(N[C@H]2CCCNC2)c1. The number of pyridine rings is 1. The van der Waals surface area contributed by atoms with Crippen molar-refractivity contribution < 1.29 is 17.5 Å². The molecule has 2 aromatic heterocycles. The number of rotatable bonds is 9. The van der Waals surface area contributed by atoms with Crippen molar-refractivity contribution in [1.29, 1.82) is 0 Å². The van der Waals surface area contributed by atoms with Crippen LogP contribution in [-0.4, -0.2) is 48.3 Å². The summed E-state index contributed by atoms with van der Waals surface area (Å²) in [4.78, 5) is 13.4. The number of hydrogen-bond donors (Lipinski definition) is 3. The highest BCUT2D eigenvalue weighted by Crippen LogP contribution is 2.42. The van der Waals surface area contributed by atoms with Gasteiger partial charge in [-0.05, 0) is 57.2 Å². The van der Waals surface area contributed by atoms with E-state index in [0.717, 1.165) is 56.6 Å². The number of halogens is 1. The Labute approximate surface area is 239 Å². The maximum absolute atomic E-state index is 15.9. The molecule has 0 bridgehead atoms. The van der Waals surface area contributed by atoms with Gasteiger partial charge in [-0.1, -0.05) is 30.7 Å². The van der Waals surface area contributed by atoms with Crippen molar-refractivity contribution in [3.8, 4) is 22.9 Å². The fourth-order valence-electron chi connectivity index (χ4n) is 5.44. The molecule has 1 atom stereocenters. The molecule has 0 radical (unpaired) electrons. The van der Waals surface area contributed by atoms with Gasteiger partial charge < -0.3 is 15.4 Å². The van der Waals surface area contributed by atoms with E-state index in [1.54, 1.807) is 43.6 Å². The molecule has 0 unspecified atom stereocenters. The van der Waals surface area contributed by atoms with Gasteiger partial charge in [-0.15, -0.1) is 0 Å². The number of anilines is 2. The molecule has 3 heterocycles. The highest BCUT2D eigenvalue weighted by Gasteiger charge is 2.28. The zero-order valence-electron chi connectivity index (χ0n) is 22.9. The lowest BCUT2D eigenvalue weighted by molar-refractivity contribution is 0.347. The van der Waals surface area contributed by atoms with E-state index in [9.17, 15) is 8.42 Å². The van der Waals surface area contributed by atoms with E-state index in [2.05, 4.69) is 30.3 Å². The molecular formula is C30H33FN6O3S. The number of piperidine rings is 1. The quantitative estimate of drug-likeness (QED) is 0.234. The van der Waals surface area contributed by atoms with E-state index in [1.165, 1.54) is 6.20 Å². The summed E-state index contributed by atoms with van der Waals surface area (Å²) in [5, 5.41) is 7.84. The van der Waals surface area contributed by atoms with Crippen molar-refractivity contribution >= 4 is 32.3 Å². The second-order valence-electron chi connectivity index (χ2n) is 10.8. The van der Waals surface area contributed by atoms with Crippen LogP contribution in [0.2, 0.25) is 0 Å². The second-order valence-corrected chi connectivity index (χ2v) is 12.6. The minimum absolute atomic E-state index is 0.0128. The van der Waals surface area contributed by atoms with E-state index < -0.39 is 15.8 Å². The van der Waals surface area contributed by atoms with Crippen LogP contribution in [0.25, 0.3) is 22.0 Å². The number of benzene rings is 2. The van der Waals surface area contributed by atoms with Gasteiger partial charge in [0, 0.05) is 53.1 Å². The van der Waals surface area contributed by atoms with Crippen molar-refractivity contribution in [2.75, 3.05) is 28.9 Å². The number of aromatic nitrogens is 3. The molecule has 41 heavy (non-hydrogen) atoms. The summed E-state index contributed by atoms with van der Waals surface area (Å²) in [6.45, 7) is 3.47. The Morgan fingerprint density at radius 1 is 1.02 bits per heavy atom. The summed E-state index contributed by atoms with van der Waals surface area (Å²) < 4.78 is 50.5. The first kappa shape index (κ1) is 27.3. The van der Waals surface area contributed by atoms with Crippen molar-refractivity contribution in [3.63, 3.8) is 0 Å². The average Bonchev–Trinajstić information content (AvgIpc) is 2.96. The molecule has 6 rings (SSSR count). The largest absolute Gasteiger partial charge is 0.436 e. The van der Waals surface area contributed by atoms with Gasteiger partial charge in [0.1, 0.15) is 17.3 Å². The Morgan fingerprint density at radius 2 is 1.83 bits per heavy atom. The minimum atomic E-state index is -3.72. The summed E-state index contributed by atoms with van der Waals surface area (Å²) in [6.07, 6.45) is 9.75. The predicted octanol–water partition coefficient (Wildman–Crippen LogP) is 5.64. The molecule has 2 fully saturated rings. The van der Waals surface area contributed by atoms with E-state index >= 15 is 4.39 Å². The summed E-state index contributed by atoms with van der Waals surface area (Å²) in [5.74, 6) is 0.597. The van der Waals surface area contributed by atoms with Gasteiger partial charge in [0.2, 0.25) is 15.9 Å². The molecule has 1 saturated carbocycles. The fourth-order valence-corrected chi connectivity index (χ4v) is 6.99. The number of fused-ring (bicyclic) bond motifs is 1. The predicted molar refractivity (Wildman–Crippen MR) is 158 cm³/mol. The maximum Gasteiger partial charge on any atom is 0.246 e. The molecule has 214 valence electrons. The monoisotopic (exact) mass is 576 g/mol. The standard InChI is InChI=1S/C30H33FN6O3S/c1-19-26(31)28(37-41(38,39)18-20-6-4-7-20)23-9-2-3-10-24(23)29(19)40-30-27(34-14-15-35-30)21-11-13-33-25(16-21)36-22-8-5-12-32-17-22/h2-3,9-11,13-16,20,22,32,37H,4-8,12,17-18H2,1H3,(H,33,36)/t22-/m0/s1. The molecule has 2 aliphatic rings. The molecular weight excluding hydrogens is 543 g/mol. The van der Waals surface area contributed by atoms with Gasteiger partial charge >= 0.3 is 0 Å². The van der Waals surface area contributed by atoms with E-state index in [1.807, 2.05) is 12.1 Å². The molecule has 0 spiro atoms. The molecule has 1 saturated heterocycles. The Kier molecular flexibility index (Phi) is 7.72. The molecule has 4 aromatic rings. The number of nitrogens with zero attached hydrogens (tertiary/aromatic N) is 3. The van der Waals surface area contributed by atoms with Crippen molar-refractivity contribution in [2.24, 2.45) is 5.92 Å². The van der Waals surface area contributed by atoms with Crippen LogP contribution in [0.15, 0.2) is 55.0 Å². The van der Waals surface area contributed by atoms with Gasteiger partial charge in [0.05, 0.1) is 11.4 Å². The van der Waals surface area contributed by atoms with Crippen LogP contribution in [0.1, 0.15) is 37.7 Å². The highest BCUT2D eigenvalue weighted by molar-refractivity contribution is 7.92. The van der Waals surface area contributed by atoms with Crippen molar-refractivity contribution in [3.05, 3.63) is 66.4 Å². The lowest BCUT2D eigenvalue weighted by Crippen LogP contribution is -2.38. The van der Waals surface area contributed by atoms with Crippen LogP contribution in [-0.2, 0) is 10.0 Å². The number of sulfonamides is 1. The molecule has 9 nitrogen and oxygen atoms in total. The Bertz CT molecular complexity index is 1670. The summed E-state index contributed by atoms with van der Waals surface area (Å²) in [5.41, 5.74) is 1.33. The van der Waals surface area contributed by atoms with Gasteiger partial charge in [-0.2, -0.15) is 0 Å². The summed E-state index contributed by atoms with van der Waals surface area (Å²) in [6, 6.07) is 11.0. The van der Waals surface area contributed by atoms with Crippen LogP contribution in [0, 0.1) is 18.7 Å². The Hall–Kier alpha value is -3.83. The average molecular weight is 577 g/mol. The van der Waals surface area contributed by atoms with Gasteiger partial charge in [0.15, 0.2) is 5.82 Å². The highest BCUT2D eigenvalue weighted by atomic mass is 32.2. The normalized spacial score (nSPS) is 17.7. The third kappa shape index (κ3) is 5.96. The summed E-state index contributed by atoms with van der Waals surface area (Å²) >= 11 is 0. The minimum Gasteiger partial charge on any atom is -0.436 e. The summed E-state index contributed by atoms with van der Waals surface area (Å²) in [7, 11) is -3.72. The van der Waals surface area contributed by atoms with E-state index in [-0.39, 0.29) is 40.6 Å². The Morgan fingerprint density at radius 3 is 2.59 bits per heavy atom. The molecule has 1 aliphatic carbocycles. The van der Waals surface area contributed by atoms with Crippen LogP contribution < -0.4 is 20.1 Å². The second kappa shape index (κ2) is 11.6. The molecule has 2 aromatic carbocycles. The van der Waals surface area contributed by atoms with E-state index in [4.69, 9.17) is 4.74 Å². The van der Waals surface area contributed by atoms with Gasteiger partial charge in [-0.25, -0.2) is 27.8 Å². The molecule has 11 heteroatoms. The smallest absolute Gasteiger partial charge is 0.246 e. The first-order chi connectivity index (χ1) is 19.9. The van der Waals surface area contributed by atoms with Crippen LogP contribution in [0.4, 0.5) is 15.9 Å². The van der Waals surface area contributed by atoms with E-state index in [0.29, 0.717) is 16.5 Å². The van der Waals surface area contributed by atoms with Crippen LogP contribution >= 0.6 is 0 Å². The third-order valence-corrected chi connectivity index (χ3v) is 9.24. The zero-order valence-corrected chi connectivity index (χ0v) is 23.7. The van der Waals surface area contributed by atoms with Gasteiger partial charge in [-0.3, -0.25) is 4.72 Å². The number of ether oxygens (including phenoxy) is 1. The van der Waals surface area contributed by atoms with Crippen LogP contribution in [0.5, 0.6) is 11.6 Å². The molecule has 3 N–H and O–H groups in total. The van der Waals surface area contributed by atoms with Crippen molar-refractivity contribution in [1.82, 2.24) is 20.3 Å². The first-order valence-electron chi connectivity index (χ1n) is 14.0. The molecule has 1 aliphatic heterocycles. The van der Waals surface area contributed by atoms with Crippen molar-refractivity contribution in [2.45, 2.75) is 45.1 Å². The number of nitrogens with one attached hydrogen (secondary N) is 3. The zero-order chi connectivity index (χ0) is 28.4. The third-order valence-electron chi connectivity index (χ3n) is 7.81.